The molecule has 3 aromatic rings. The molecule has 0 saturated heterocycles. The molecule has 2 aromatic heterocycles. The minimum Gasteiger partial charge on any atom is -0.390 e. The van der Waals surface area contributed by atoms with Crippen molar-refractivity contribution in [2.45, 2.75) is 114 Å². The summed E-state index contributed by atoms with van der Waals surface area (Å²) in [5.74, 6) is -3.36. The standard InChI is InChI=1S/C41H58N6O7S/c1-41(2,40(52)47(3)21-19-32-16-10-11-20-43-32)55(53,54)26-31(22-28-12-6-4-7-13-28)38(50)46-35(24-33-25-42-27-44-33)39(51)45-34(23-29-14-8-5-9-15-29)37(49)36(48)30-17-18-30/h4,6-7,10-13,16,20,25,27,29-31,34-37,48-49H,5,8-9,14-15,17-19,21-24,26H2,1-3H3,(H,42,44)(H,45,51)(H,46,50)/t31-,34+,35+,36+,37-/m1/s1. The summed E-state index contributed by atoms with van der Waals surface area (Å²) in [7, 11) is -2.71. The average Bonchev–Trinajstić information content (AvgIpc) is 3.91. The number of carbonyl (C=O) groups excluding carboxylic acids is 3. The second kappa shape index (κ2) is 19.1. The van der Waals surface area contributed by atoms with Gasteiger partial charge in [0.05, 0.1) is 30.1 Å². The quantitative estimate of drug-likeness (QED) is 0.115. The Morgan fingerprint density at radius 3 is 2.29 bits per heavy atom. The van der Waals surface area contributed by atoms with Gasteiger partial charge in [-0.05, 0) is 69.1 Å². The minimum atomic E-state index is -4.26. The topological polar surface area (TPSA) is 195 Å². The van der Waals surface area contributed by atoms with E-state index in [9.17, 15) is 33.0 Å². The van der Waals surface area contributed by atoms with Gasteiger partial charge in [0.1, 0.15) is 16.9 Å². The van der Waals surface area contributed by atoms with Crippen LogP contribution in [0.25, 0.3) is 0 Å². The van der Waals surface area contributed by atoms with Gasteiger partial charge in [-0.2, -0.15) is 0 Å². The molecule has 0 spiro atoms. The second-order valence-electron chi connectivity index (χ2n) is 16.0. The molecule has 1 aromatic carbocycles. The number of rotatable bonds is 20. The van der Waals surface area contributed by atoms with Gasteiger partial charge in [-0.15, -0.1) is 0 Å². The van der Waals surface area contributed by atoms with E-state index in [1.165, 1.54) is 25.1 Å². The molecule has 5 atom stereocenters. The summed E-state index contributed by atoms with van der Waals surface area (Å²) in [4.78, 5) is 54.9. The summed E-state index contributed by atoms with van der Waals surface area (Å²) in [5.41, 5.74) is 2.05. The van der Waals surface area contributed by atoms with Crippen molar-refractivity contribution in [1.29, 1.82) is 0 Å². The summed E-state index contributed by atoms with van der Waals surface area (Å²) in [5, 5.41) is 28.1. The molecule has 5 N–H and O–H groups in total. The number of aliphatic hydroxyl groups is 2. The summed E-state index contributed by atoms with van der Waals surface area (Å²) in [6, 6.07) is 12.6. The Bertz CT molecular complexity index is 1780. The predicted octanol–water partition coefficient (Wildman–Crippen LogP) is 3.17. The molecule has 13 nitrogen and oxygen atoms in total. The maximum absolute atomic E-state index is 14.3. The summed E-state index contributed by atoms with van der Waals surface area (Å²) >= 11 is 0. The molecule has 2 saturated carbocycles. The number of hydrogen-bond donors (Lipinski definition) is 5. The van der Waals surface area contributed by atoms with Crippen molar-refractivity contribution < 1.29 is 33.0 Å². The van der Waals surface area contributed by atoms with E-state index in [-0.39, 0.29) is 31.2 Å². The Balaban J connectivity index is 1.36. The number of hydrogen-bond acceptors (Lipinski definition) is 9. The van der Waals surface area contributed by atoms with E-state index in [0.717, 1.165) is 50.6 Å². The molecule has 2 heterocycles. The molecule has 55 heavy (non-hydrogen) atoms. The number of carbonyl (C=O) groups is 3. The van der Waals surface area contributed by atoms with Crippen LogP contribution in [-0.4, -0.2) is 105 Å². The van der Waals surface area contributed by atoms with Crippen LogP contribution in [0.15, 0.2) is 67.3 Å². The second-order valence-corrected chi connectivity index (χ2v) is 18.6. The van der Waals surface area contributed by atoms with Crippen LogP contribution in [0.2, 0.25) is 0 Å². The van der Waals surface area contributed by atoms with Crippen molar-refractivity contribution in [3.05, 3.63) is 84.2 Å². The molecule has 300 valence electrons. The first-order chi connectivity index (χ1) is 26.2. The van der Waals surface area contributed by atoms with Gasteiger partial charge in [0, 0.05) is 50.2 Å². The molecule has 0 radical (unpaired) electrons. The molecule has 0 unspecified atom stereocenters. The van der Waals surface area contributed by atoms with Gasteiger partial charge < -0.3 is 30.7 Å². The Hall–Kier alpha value is -4.14. The highest BCUT2D eigenvalue weighted by atomic mass is 32.2. The number of H-pyrrole nitrogens is 1. The SMILES string of the molecule is CN(CCc1ccccn1)C(=O)C(C)(C)S(=O)(=O)C[C@@H](Cc1ccccc1)C(=O)N[C@@H](Cc1cnc[nH]1)C(=O)N[C@@H](CC1CCCCC1)[C@@H](O)[C@@H](O)C1CC1. The van der Waals surface area contributed by atoms with Crippen LogP contribution in [0.3, 0.4) is 0 Å². The summed E-state index contributed by atoms with van der Waals surface area (Å²) in [6.45, 7) is 2.98. The fourth-order valence-electron chi connectivity index (χ4n) is 7.54. The van der Waals surface area contributed by atoms with Crippen LogP contribution < -0.4 is 10.6 Å². The lowest BCUT2D eigenvalue weighted by Crippen LogP contribution is -2.57. The van der Waals surface area contributed by atoms with Crippen LogP contribution in [0.4, 0.5) is 0 Å². The number of amides is 3. The van der Waals surface area contributed by atoms with Gasteiger partial charge in [0.2, 0.25) is 17.7 Å². The first kappa shape index (κ1) is 42.0. The maximum Gasteiger partial charge on any atom is 0.243 e. The first-order valence-corrected chi connectivity index (χ1v) is 21.3. The Morgan fingerprint density at radius 1 is 0.945 bits per heavy atom. The van der Waals surface area contributed by atoms with E-state index in [1.807, 2.05) is 18.2 Å². The zero-order chi connectivity index (χ0) is 39.6. The number of aliphatic hydroxyl groups excluding tert-OH is 2. The zero-order valence-corrected chi connectivity index (χ0v) is 33.1. The van der Waals surface area contributed by atoms with E-state index in [0.29, 0.717) is 24.1 Å². The zero-order valence-electron chi connectivity index (χ0n) is 32.3. The van der Waals surface area contributed by atoms with Crippen LogP contribution in [0.5, 0.6) is 0 Å². The number of benzene rings is 1. The molecule has 14 heteroatoms. The van der Waals surface area contributed by atoms with Crippen LogP contribution in [0.1, 0.15) is 82.2 Å². The molecule has 0 bridgehead atoms. The minimum absolute atomic E-state index is 0.0151. The van der Waals surface area contributed by atoms with Gasteiger partial charge in [0.15, 0.2) is 9.84 Å². The monoisotopic (exact) mass is 778 g/mol. The molecule has 5 rings (SSSR count). The van der Waals surface area contributed by atoms with Crippen molar-refractivity contribution in [1.82, 2.24) is 30.5 Å². The van der Waals surface area contributed by atoms with Gasteiger partial charge in [-0.25, -0.2) is 13.4 Å². The summed E-state index contributed by atoms with van der Waals surface area (Å²) < 4.78 is 26.5. The van der Waals surface area contributed by atoms with Crippen LogP contribution >= 0.6 is 0 Å². The summed E-state index contributed by atoms with van der Waals surface area (Å²) in [6.07, 6.45) is 10.4. The van der Waals surface area contributed by atoms with Crippen molar-refractivity contribution in [3.8, 4) is 0 Å². The van der Waals surface area contributed by atoms with E-state index in [2.05, 4.69) is 25.6 Å². The van der Waals surface area contributed by atoms with Crippen molar-refractivity contribution in [2.75, 3.05) is 19.3 Å². The predicted molar refractivity (Wildman–Crippen MR) is 209 cm³/mol. The highest BCUT2D eigenvalue weighted by molar-refractivity contribution is 7.93. The van der Waals surface area contributed by atoms with E-state index in [4.69, 9.17) is 0 Å². The Morgan fingerprint density at radius 2 is 1.65 bits per heavy atom. The van der Waals surface area contributed by atoms with Gasteiger partial charge in [-0.1, -0.05) is 68.5 Å². The molecule has 2 aliphatic rings. The molecular weight excluding hydrogens is 721 g/mol. The number of nitrogens with zero attached hydrogens (tertiary/aromatic N) is 3. The fourth-order valence-corrected chi connectivity index (χ4v) is 9.18. The normalized spacial score (nSPS) is 18.1. The average molecular weight is 779 g/mol. The van der Waals surface area contributed by atoms with E-state index < -0.39 is 68.3 Å². The number of nitrogens with one attached hydrogen (secondary N) is 3. The number of pyridine rings is 1. The lowest BCUT2D eigenvalue weighted by molar-refractivity contribution is -0.132. The van der Waals surface area contributed by atoms with Crippen LogP contribution in [-0.2, 0) is 43.5 Å². The van der Waals surface area contributed by atoms with E-state index in [1.54, 1.807) is 49.8 Å². The highest BCUT2D eigenvalue weighted by Crippen LogP contribution is 2.36. The van der Waals surface area contributed by atoms with Gasteiger partial charge in [0.25, 0.3) is 0 Å². The smallest absolute Gasteiger partial charge is 0.243 e. The van der Waals surface area contributed by atoms with Gasteiger partial charge >= 0.3 is 0 Å². The third-order valence-corrected chi connectivity index (χ3v) is 13.9. The lowest BCUT2D eigenvalue weighted by Gasteiger charge is -2.33. The Labute approximate surface area is 325 Å². The number of sulfone groups is 1. The number of imidazole rings is 1. The molecule has 3 amide bonds. The van der Waals surface area contributed by atoms with Gasteiger partial charge in [-0.3, -0.25) is 19.4 Å². The fraction of sp³-hybridized carbons (Fsp3) is 0.585. The third-order valence-electron chi connectivity index (χ3n) is 11.3. The number of likely N-dealkylation sites (N-methyl/N-ethyl adjacent to an activating group) is 1. The first-order valence-electron chi connectivity index (χ1n) is 19.6. The lowest BCUT2D eigenvalue weighted by atomic mass is 9.82. The Kier molecular flexibility index (Phi) is 14.6. The van der Waals surface area contributed by atoms with E-state index >= 15 is 0 Å². The van der Waals surface area contributed by atoms with Crippen molar-refractivity contribution >= 4 is 27.6 Å². The van der Waals surface area contributed by atoms with Crippen molar-refractivity contribution in [2.24, 2.45) is 17.8 Å². The van der Waals surface area contributed by atoms with Crippen LogP contribution in [0, 0.1) is 17.8 Å². The maximum atomic E-state index is 14.3. The molecule has 2 fully saturated rings. The third kappa shape index (κ3) is 11.7. The molecule has 2 aliphatic carbocycles. The van der Waals surface area contributed by atoms with Crippen molar-refractivity contribution in [3.63, 3.8) is 0 Å². The number of aromatic nitrogens is 3. The molecular formula is C41H58N6O7S. The number of aromatic amines is 1. The highest BCUT2D eigenvalue weighted by Gasteiger charge is 2.46. The largest absolute Gasteiger partial charge is 0.390 e. The molecule has 0 aliphatic heterocycles.